The molecule has 1 amide bonds. The lowest BCUT2D eigenvalue weighted by molar-refractivity contribution is -0.121. The van der Waals surface area contributed by atoms with Crippen LogP contribution in [0.4, 0.5) is 5.69 Å². The minimum atomic E-state index is -4.71. The Hall–Kier alpha value is -3.00. The molecule has 35 heavy (non-hydrogen) atoms. The second-order valence-corrected chi connectivity index (χ2v) is 9.77. The van der Waals surface area contributed by atoms with Crippen LogP contribution in [-0.4, -0.2) is 34.4 Å². The number of aryl methyl sites for hydroxylation is 1. The Kier molecular flexibility index (Phi) is 9.20. The zero-order chi connectivity index (χ0) is 25.3. The molecule has 5 N–H and O–H groups in total. The van der Waals surface area contributed by atoms with Gasteiger partial charge in [0.25, 0.3) is 0 Å². The van der Waals surface area contributed by atoms with E-state index in [0.717, 1.165) is 19.3 Å². The number of unbranched alkanes of at least 4 members (excludes halogenated alkanes) is 1. The first-order valence-electron chi connectivity index (χ1n) is 11.3. The van der Waals surface area contributed by atoms with Gasteiger partial charge in [-0.15, -0.1) is 0 Å². The summed E-state index contributed by atoms with van der Waals surface area (Å²) < 4.78 is 21.0. The number of ether oxygens (including phenoxy) is 1. The number of phosphoric acid groups is 1. The normalized spacial score (nSPS) is 13.1. The Balaban J connectivity index is 1.37. The maximum atomic E-state index is 12.3. The van der Waals surface area contributed by atoms with E-state index in [1.165, 1.54) is 23.6 Å². The summed E-state index contributed by atoms with van der Waals surface area (Å²) in [5, 5.41) is 2.60. The van der Waals surface area contributed by atoms with Crippen LogP contribution in [0.5, 0.6) is 5.75 Å². The molecule has 0 saturated heterocycles. The number of nitrogens with one attached hydrogen (secondary N) is 1. The second-order valence-electron chi connectivity index (χ2n) is 8.53. The van der Waals surface area contributed by atoms with E-state index >= 15 is 0 Å². The molecule has 0 saturated carbocycles. The predicted octanol–water partition coefficient (Wildman–Crippen LogP) is 4.52. The molecule has 0 aliphatic heterocycles. The number of anilines is 1. The van der Waals surface area contributed by atoms with Crippen LogP contribution in [0.3, 0.4) is 0 Å². The maximum Gasteiger partial charge on any atom is 0.469 e. The summed E-state index contributed by atoms with van der Waals surface area (Å²) in [6, 6.07) is 25.7. The molecule has 0 fully saturated rings. The van der Waals surface area contributed by atoms with Gasteiger partial charge in [-0.25, -0.2) is 4.57 Å². The molecule has 3 aromatic rings. The van der Waals surface area contributed by atoms with E-state index in [2.05, 4.69) is 46.2 Å². The van der Waals surface area contributed by atoms with E-state index in [1.807, 2.05) is 18.2 Å². The molecule has 8 nitrogen and oxygen atoms in total. The van der Waals surface area contributed by atoms with Gasteiger partial charge in [-0.1, -0.05) is 54.6 Å². The number of phosphoric ester groups is 1. The van der Waals surface area contributed by atoms with Crippen molar-refractivity contribution in [3.8, 4) is 16.9 Å². The maximum absolute atomic E-state index is 12.3. The van der Waals surface area contributed by atoms with Crippen molar-refractivity contribution in [1.82, 2.24) is 0 Å². The van der Waals surface area contributed by atoms with Crippen LogP contribution >= 0.6 is 7.82 Å². The standard InChI is InChI=1S/C26H31N2O6P/c1-26(27,19-34-35(30,31)32)25(29)28-23-14-16-24(17-15-23)33-18-6-5-7-20-10-12-22(13-11-20)21-8-3-2-4-9-21/h2-4,8-17H,5-7,18-19,27H2,1H3,(H,28,29)(H2,30,31,32)/t26-/m0/s1. The highest BCUT2D eigenvalue weighted by Crippen LogP contribution is 2.36. The molecule has 0 radical (unpaired) electrons. The largest absolute Gasteiger partial charge is 0.494 e. The van der Waals surface area contributed by atoms with Crippen molar-refractivity contribution in [3.05, 3.63) is 84.4 Å². The Morgan fingerprint density at radius 2 is 1.57 bits per heavy atom. The zero-order valence-corrected chi connectivity index (χ0v) is 20.5. The van der Waals surface area contributed by atoms with Gasteiger partial charge in [0.05, 0.1) is 13.2 Å². The number of carbonyl (C=O) groups excluding carboxylic acids is 1. The third-order valence-corrected chi connectivity index (χ3v) is 5.82. The number of hydrogen-bond donors (Lipinski definition) is 4. The fourth-order valence-electron chi connectivity index (χ4n) is 3.31. The molecule has 1 atom stereocenters. The minimum absolute atomic E-state index is 0.481. The summed E-state index contributed by atoms with van der Waals surface area (Å²) in [6.45, 7) is 1.28. The first-order chi connectivity index (χ1) is 16.6. The van der Waals surface area contributed by atoms with E-state index < -0.39 is 25.9 Å². The van der Waals surface area contributed by atoms with Gasteiger partial charge in [-0.2, -0.15) is 0 Å². The fraction of sp³-hybridized carbons (Fsp3) is 0.269. The molecule has 0 aliphatic carbocycles. The summed E-state index contributed by atoms with van der Waals surface area (Å²) in [4.78, 5) is 29.9. The molecule has 0 aliphatic rings. The van der Waals surface area contributed by atoms with Crippen molar-refractivity contribution in [2.24, 2.45) is 5.73 Å². The monoisotopic (exact) mass is 498 g/mol. The average molecular weight is 499 g/mol. The quantitative estimate of drug-likeness (QED) is 0.213. The predicted molar refractivity (Wildman–Crippen MR) is 136 cm³/mol. The van der Waals surface area contributed by atoms with Crippen molar-refractivity contribution in [3.63, 3.8) is 0 Å². The first-order valence-corrected chi connectivity index (χ1v) is 12.8. The Bertz CT molecular complexity index is 1130. The van der Waals surface area contributed by atoms with Crippen LogP contribution in [0.25, 0.3) is 11.1 Å². The van der Waals surface area contributed by atoms with Gasteiger partial charge >= 0.3 is 7.82 Å². The van der Waals surface area contributed by atoms with Crippen LogP contribution in [0.2, 0.25) is 0 Å². The molecule has 0 heterocycles. The van der Waals surface area contributed by atoms with Crippen LogP contribution in [0, 0.1) is 0 Å². The summed E-state index contributed by atoms with van der Waals surface area (Å²) in [5.74, 6) is 0.0481. The van der Waals surface area contributed by atoms with Gasteiger partial charge in [-0.3, -0.25) is 9.32 Å². The number of rotatable bonds is 12. The number of carbonyl (C=O) groups is 1. The first kappa shape index (κ1) is 26.6. The van der Waals surface area contributed by atoms with Crippen molar-refractivity contribution in [2.75, 3.05) is 18.5 Å². The van der Waals surface area contributed by atoms with Gasteiger partial charge < -0.3 is 25.6 Å². The SMILES string of the molecule is C[C@](N)(COP(=O)(O)O)C(=O)Nc1ccc(OCCCCc2ccc(-c3ccccc3)cc2)cc1. The third kappa shape index (κ3) is 8.94. The lowest BCUT2D eigenvalue weighted by Crippen LogP contribution is -2.52. The van der Waals surface area contributed by atoms with Crippen molar-refractivity contribution in [1.29, 1.82) is 0 Å². The molecule has 0 bridgehead atoms. The van der Waals surface area contributed by atoms with Crippen LogP contribution in [-0.2, 0) is 20.3 Å². The van der Waals surface area contributed by atoms with E-state index in [1.54, 1.807) is 24.3 Å². The van der Waals surface area contributed by atoms with Crippen molar-refractivity contribution in [2.45, 2.75) is 31.7 Å². The summed E-state index contributed by atoms with van der Waals surface area (Å²) in [6.07, 6.45) is 2.89. The third-order valence-electron chi connectivity index (χ3n) is 5.35. The molecule has 3 rings (SSSR count). The van der Waals surface area contributed by atoms with E-state index in [9.17, 15) is 9.36 Å². The Labute approximate surface area is 205 Å². The smallest absolute Gasteiger partial charge is 0.469 e. The zero-order valence-electron chi connectivity index (χ0n) is 19.6. The number of nitrogens with two attached hydrogens (primary N) is 1. The van der Waals surface area contributed by atoms with E-state index in [0.29, 0.717) is 18.0 Å². The van der Waals surface area contributed by atoms with Crippen LogP contribution in [0.1, 0.15) is 25.3 Å². The summed E-state index contributed by atoms with van der Waals surface area (Å²) in [5.41, 5.74) is 8.40. The van der Waals surface area contributed by atoms with Gasteiger partial charge in [0, 0.05) is 5.69 Å². The van der Waals surface area contributed by atoms with Gasteiger partial charge in [0.1, 0.15) is 11.3 Å². The Morgan fingerprint density at radius 3 is 2.20 bits per heavy atom. The average Bonchev–Trinajstić information content (AvgIpc) is 2.84. The molecule has 0 aromatic heterocycles. The molecule has 186 valence electrons. The molecule has 0 unspecified atom stereocenters. The summed E-state index contributed by atoms with van der Waals surface area (Å²) >= 11 is 0. The minimum Gasteiger partial charge on any atom is -0.494 e. The van der Waals surface area contributed by atoms with Crippen molar-refractivity contribution >= 4 is 19.4 Å². The van der Waals surface area contributed by atoms with Gasteiger partial charge in [-0.05, 0) is 67.1 Å². The summed E-state index contributed by atoms with van der Waals surface area (Å²) in [7, 11) is -4.71. The second kappa shape index (κ2) is 12.1. The van der Waals surface area contributed by atoms with E-state index in [-0.39, 0.29) is 0 Å². The highest BCUT2D eigenvalue weighted by atomic mass is 31.2. The van der Waals surface area contributed by atoms with Crippen LogP contribution < -0.4 is 15.8 Å². The molecular weight excluding hydrogens is 467 g/mol. The Morgan fingerprint density at radius 1 is 0.943 bits per heavy atom. The lowest BCUT2D eigenvalue weighted by atomic mass is 10.0. The molecule has 9 heteroatoms. The topological polar surface area (TPSA) is 131 Å². The highest BCUT2D eigenvalue weighted by Gasteiger charge is 2.32. The number of benzene rings is 3. The highest BCUT2D eigenvalue weighted by molar-refractivity contribution is 7.46. The molecule has 3 aromatic carbocycles. The van der Waals surface area contributed by atoms with Gasteiger partial charge in [0.15, 0.2) is 0 Å². The van der Waals surface area contributed by atoms with E-state index in [4.69, 9.17) is 20.3 Å². The fourth-order valence-corrected chi connectivity index (χ4v) is 3.74. The molecular formula is C26H31N2O6P. The van der Waals surface area contributed by atoms with Crippen molar-refractivity contribution < 1.29 is 28.4 Å². The molecule has 0 spiro atoms. The number of amides is 1. The van der Waals surface area contributed by atoms with Gasteiger partial charge in [0.2, 0.25) is 5.91 Å². The number of hydrogen-bond acceptors (Lipinski definition) is 5. The van der Waals surface area contributed by atoms with Crippen LogP contribution in [0.15, 0.2) is 78.9 Å². The lowest BCUT2D eigenvalue weighted by Gasteiger charge is -2.23.